The van der Waals surface area contributed by atoms with Crippen molar-refractivity contribution in [3.63, 3.8) is 0 Å². The third kappa shape index (κ3) is 4.34. The Labute approximate surface area is 141 Å². The molecule has 0 saturated carbocycles. The minimum Gasteiger partial charge on any atom is -0.480 e. The molecule has 1 heterocycles. The van der Waals surface area contributed by atoms with Gasteiger partial charge in [-0.05, 0) is 42.5 Å². The molecule has 0 bridgehead atoms. The van der Waals surface area contributed by atoms with Crippen molar-refractivity contribution in [2.45, 2.75) is 39.7 Å². The van der Waals surface area contributed by atoms with Gasteiger partial charge in [-0.15, -0.1) is 0 Å². The molecule has 0 spiro atoms. The lowest BCUT2D eigenvalue weighted by atomic mass is 9.97. The second-order valence-electron chi connectivity index (χ2n) is 7.32. The van der Waals surface area contributed by atoms with Crippen LogP contribution < -0.4 is 5.32 Å². The molecular formula is C18H24N2O4. The number of nitrogens with zero attached hydrogens (tertiary/aromatic N) is 1. The van der Waals surface area contributed by atoms with E-state index in [0.29, 0.717) is 37.1 Å². The van der Waals surface area contributed by atoms with Crippen LogP contribution in [0.2, 0.25) is 0 Å². The minimum absolute atomic E-state index is 0.00678. The molecular weight excluding hydrogens is 308 g/mol. The fourth-order valence-corrected chi connectivity index (χ4v) is 2.64. The van der Waals surface area contributed by atoms with Gasteiger partial charge in [0.05, 0.1) is 0 Å². The summed E-state index contributed by atoms with van der Waals surface area (Å²) in [5, 5.41) is 12.0. The molecule has 0 aromatic heterocycles. The second-order valence-corrected chi connectivity index (χ2v) is 7.32. The molecule has 0 aliphatic carbocycles. The van der Waals surface area contributed by atoms with Gasteiger partial charge in [-0.3, -0.25) is 9.59 Å². The number of benzene rings is 1. The SMILES string of the molecule is CC(C)(C)CNC(=O)c1ccc(C(=O)N2CCC[C@H]2C(=O)O)cc1. The lowest BCUT2D eigenvalue weighted by Crippen LogP contribution is -2.40. The maximum atomic E-state index is 12.5. The van der Waals surface area contributed by atoms with Crippen LogP contribution in [0, 0.1) is 5.41 Å². The number of likely N-dealkylation sites (tertiary alicyclic amines) is 1. The monoisotopic (exact) mass is 332 g/mol. The van der Waals surface area contributed by atoms with Gasteiger partial charge < -0.3 is 15.3 Å². The van der Waals surface area contributed by atoms with Crippen LogP contribution in [-0.4, -0.2) is 46.9 Å². The molecule has 1 saturated heterocycles. The number of carboxylic acids is 1. The number of aliphatic carboxylic acids is 1. The average molecular weight is 332 g/mol. The van der Waals surface area contributed by atoms with Gasteiger partial charge in [0, 0.05) is 24.2 Å². The van der Waals surface area contributed by atoms with Gasteiger partial charge in [-0.2, -0.15) is 0 Å². The quantitative estimate of drug-likeness (QED) is 0.884. The highest BCUT2D eigenvalue weighted by Gasteiger charge is 2.34. The van der Waals surface area contributed by atoms with Gasteiger partial charge in [0.1, 0.15) is 6.04 Å². The van der Waals surface area contributed by atoms with Gasteiger partial charge in [0.25, 0.3) is 11.8 Å². The number of rotatable bonds is 4. The van der Waals surface area contributed by atoms with Crippen LogP contribution in [0.25, 0.3) is 0 Å². The molecule has 2 amide bonds. The summed E-state index contributed by atoms with van der Waals surface area (Å²) in [6, 6.07) is 5.58. The van der Waals surface area contributed by atoms with Crippen LogP contribution >= 0.6 is 0 Å². The Morgan fingerprint density at radius 1 is 1.17 bits per heavy atom. The van der Waals surface area contributed by atoms with Crippen molar-refractivity contribution in [2.24, 2.45) is 5.41 Å². The molecule has 0 radical (unpaired) electrons. The molecule has 0 unspecified atom stereocenters. The van der Waals surface area contributed by atoms with E-state index < -0.39 is 12.0 Å². The van der Waals surface area contributed by atoms with Crippen molar-refractivity contribution in [3.05, 3.63) is 35.4 Å². The summed E-state index contributed by atoms with van der Waals surface area (Å²) in [5.41, 5.74) is 0.871. The maximum absolute atomic E-state index is 12.5. The molecule has 1 aromatic carbocycles. The fraction of sp³-hybridized carbons (Fsp3) is 0.500. The molecule has 6 heteroatoms. The number of amides is 2. The van der Waals surface area contributed by atoms with Crippen LogP contribution in [0.15, 0.2) is 24.3 Å². The van der Waals surface area contributed by atoms with E-state index in [1.54, 1.807) is 24.3 Å². The standard InChI is InChI=1S/C18H24N2O4/c1-18(2,3)11-19-15(21)12-6-8-13(9-7-12)16(22)20-10-4-5-14(20)17(23)24/h6-9,14H,4-5,10-11H2,1-3H3,(H,19,21)(H,23,24)/t14-/m0/s1. The number of nitrogens with one attached hydrogen (secondary N) is 1. The molecule has 2 rings (SSSR count). The van der Waals surface area contributed by atoms with Crippen molar-refractivity contribution in [2.75, 3.05) is 13.1 Å². The zero-order valence-corrected chi connectivity index (χ0v) is 14.3. The van der Waals surface area contributed by atoms with Crippen LogP contribution in [0.4, 0.5) is 0 Å². The number of hydrogen-bond acceptors (Lipinski definition) is 3. The molecule has 1 fully saturated rings. The van der Waals surface area contributed by atoms with Crippen LogP contribution in [0.3, 0.4) is 0 Å². The lowest BCUT2D eigenvalue weighted by Gasteiger charge is -2.21. The second kappa shape index (κ2) is 7.03. The van der Waals surface area contributed by atoms with E-state index in [1.807, 2.05) is 20.8 Å². The maximum Gasteiger partial charge on any atom is 0.326 e. The third-order valence-corrected chi connectivity index (χ3v) is 3.97. The van der Waals surface area contributed by atoms with Gasteiger partial charge in [0.2, 0.25) is 0 Å². The Morgan fingerprint density at radius 3 is 2.29 bits per heavy atom. The summed E-state index contributed by atoms with van der Waals surface area (Å²) in [4.78, 5) is 37.1. The topological polar surface area (TPSA) is 86.7 Å². The van der Waals surface area contributed by atoms with E-state index in [1.165, 1.54) is 4.90 Å². The van der Waals surface area contributed by atoms with E-state index in [-0.39, 0.29) is 17.2 Å². The highest BCUT2D eigenvalue weighted by atomic mass is 16.4. The van der Waals surface area contributed by atoms with Crippen LogP contribution in [0.5, 0.6) is 0 Å². The van der Waals surface area contributed by atoms with Gasteiger partial charge in [0.15, 0.2) is 0 Å². The Hall–Kier alpha value is -2.37. The number of carbonyl (C=O) groups excluding carboxylic acids is 2. The molecule has 24 heavy (non-hydrogen) atoms. The van der Waals surface area contributed by atoms with E-state index in [9.17, 15) is 19.5 Å². The van der Waals surface area contributed by atoms with Crippen molar-refractivity contribution < 1.29 is 19.5 Å². The molecule has 2 N–H and O–H groups in total. The number of carboxylic acid groups (broad SMARTS) is 1. The highest BCUT2D eigenvalue weighted by molar-refractivity contribution is 5.99. The lowest BCUT2D eigenvalue weighted by molar-refractivity contribution is -0.141. The molecule has 1 aliphatic heterocycles. The summed E-state index contributed by atoms with van der Waals surface area (Å²) < 4.78 is 0. The molecule has 1 aliphatic rings. The normalized spacial score (nSPS) is 17.6. The third-order valence-electron chi connectivity index (χ3n) is 3.97. The summed E-state index contributed by atoms with van der Waals surface area (Å²) in [6.07, 6.45) is 1.17. The Bertz CT molecular complexity index is 631. The molecule has 1 atom stereocenters. The van der Waals surface area contributed by atoms with Crippen LogP contribution in [-0.2, 0) is 4.79 Å². The zero-order chi connectivity index (χ0) is 17.9. The van der Waals surface area contributed by atoms with Crippen molar-refractivity contribution in [1.29, 1.82) is 0 Å². The predicted octanol–water partition coefficient (Wildman–Crippen LogP) is 2.15. The number of hydrogen-bond donors (Lipinski definition) is 2. The summed E-state index contributed by atoms with van der Waals surface area (Å²) >= 11 is 0. The average Bonchev–Trinajstić information content (AvgIpc) is 3.01. The Morgan fingerprint density at radius 2 is 1.75 bits per heavy atom. The summed E-state index contributed by atoms with van der Waals surface area (Å²) in [6.45, 7) is 7.10. The van der Waals surface area contributed by atoms with Gasteiger partial charge in [-0.25, -0.2) is 4.79 Å². The van der Waals surface area contributed by atoms with E-state index >= 15 is 0 Å². The smallest absolute Gasteiger partial charge is 0.326 e. The first-order chi connectivity index (χ1) is 11.2. The van der Waals surface area contributed by atoms with Crippen molar-refractivity contribution >= 4 is 17.8 Å². The van der Waals surface area contributed by atoms with E-state index in [4.69, 9.17) is 0 Å². The molecule has 1 aromatic rings. The van der Waals surface area contributed by atoms with Gasteiger partial charge in [-0.1, -0.05) is 20.8 Å². The summed E-state index contributed by atoms with van der Waals surface area (Å²) in [7, 11) is 0. The molecule has 6 nitrogen and oxygen atoms in total. The van der Waals surface area contributed by atoms with Crippen LogP contribution in [0.1, 0.15) is 54.3 Å². The molecule has 130 valence electrons. The first-order valence-electron chi connectivity index (χ1n) is 8.11. The Kier molecular flexibility index (Phi) is 5.26. The highest BCUT2D eigenvalue weighted by Crippen LogP contribution is 2.20. The zero-order valence-electron chi connectivity index (χ0n) is 14.3. The van der Waals surface area contributed by atoms with E-state index in [0.717, 1.165) is 0 Å². The van der Waals surface area contributed by atoms with Crippen molar-refractivity contribution in [1.82, 2.24) is 10.2 Å². The van der Waals surface area contributed by atoms with E-state index in [2.05, 4.69) is 5.32 Å². The number of carbonyl (C=O) groups is 3. The minimum atomic E-state index is -0.973. The fourth-order valence-electron chi connectivity index (χ4n) is 2.64. The predicted molar refractivity (Wildman–Crippen MR) is 89.9 cm³/mol. The van der Waals surface area contributed by atoms with Crippen molar-refractivity contribution in [3.8, 4) is 0 Å². The van der Waals surface area contributed by atoms with Gasteiger partial charge >= 0.3 is 5.97 Å². The first-order valence-corrected chi connectivity index (χ1v) is 8.11. The summed E-state index contributed by atoms with van der Waals surface area (Å²) in [5.74, 6) is -1.46. The Balaban J connectivity index is 2.05. The largest absolute Gasteiger partial charge is 0.480 e. The first kappa shape index (κ1) is 18.0.